The minimum absolute atomic E-state index is 0.0520. The van der Waals surface area contributed by atoms with Crippen molar-refractivity contribution in [2.45, 2.75) is 12.0 Å². The van der Waals surface area contributed by atoms with Crippen molar-refractivity contribution in [1.29, 1.82) is 0 Å². The molecule has 0 amide bonds. The number of carbonyl (C=O) groups is 2. The van der Waals surface area contributed by atoms with E-state index in [0.717, 1.165) is 22.3 Å². The number of carboxylic acids is 1. The molecule has 3 N–H and O–H groups in total. The fourth-order valence-corrected chi connectivity index (χ4v) is 3.86. The Balaban J connectivity index is 1.55. The first-order chi connectivity index (χ1) is 14.1. The summed E-state index contributed by atoms with van der Waals surface area (Å²) >= 11 is 0. The first kappa shape index (κ1) is 18.8. The second-order valence-electron chi connectivity index (χ2n) is 6.99. The van der Waals surface area contributed by atoms with E-state index in [1.165, 1.54) is 6.20 Å². The van der Waals surface area contributed by atoms with Gasteiger partial charge in [0.1, 0.15) is 6.61 Å². The maximum Gasteiger partial charge on any atom is 0.322 e. The molecule has 0 saturated carbocycles. The van der Waals surface area contributed by atoms with E-state index in [1.807, 2.05) is 48.5 Å². The standard InChI is InChI=1S/C23H20N2O4/c24-21(14-6-5-11-25-12-14)20(22(26)27)23(28)29-13-19-17-9-3-1-7-15(17)16-8-2-4-10-18(16)19/h1-12,19-21H,13,24H2,(H,26,27)/t20-,21?/m0/s1. The van der Waals surface area contributed by atoms with Gasteiger partial charge < -0.3 is 15.6 Å². The van der Waals surface area contributed by atoms with E-state index in [0.29, 0.717) is 5.56 Å². The Morgan fingerprint density at radius 3 is 2.17 bits per heavy atom. The largest absolute Gasteiger partial charge is 0.481 e. The number of carboxylic acid groups (broad SMARTS) is 1. The zero-order valence-corrected chi connectivity index (χ0v) is 15.6. The lowest BCUT2D eigenvalue weighted by atomic mass is 9.94. The summed E-state index contributed by atoms with van der Waals surface area (Å²) in [4.78, 5) is 28.4. The molecule has 0 aliphatic heterocycles. The summed E-state index contributed by atoms with van der Waals surface area (Å²) in [6.45, 7) is 0.0520. The van der Waals surface area contributed by atoms with Crippen LogP contribution in [0.2, 0.25) is 0 Å². The molecule has 6 nitrogen and oxygen atoms in total. The van der Waals surface area contributed by atoms with E-state index in [4.69, 9.17) is 10.5 Å². The van der Waals surface area contributed by atoms with Gasteiger partial charge in [-0.3, -0.25) is 14.6 Å². The van der Waals surface area contributed by atoms with Gasteiger partial charge in [0.25, 0.3) is 0 Å². The van der Waals surface area contributed by atoms with Crippen LogP contribution in [-0.2, 0) is 14.3 Å². The van der Waals surface area contributed by atoms with Crippen molar-refractivity contribution in [2.75, 3.05) is 6.61 Å². The minimum Gasteiger partial charge on any atom is -0.481 e. The predicted octanol–water partition coefficient (Wildman–Crippen LogP) is 3.14. The molecule has 1 aromatic heterocycles. The number of benzene rings is 2. The Labute approximate surface area is 168 Å². The average Bonchev–Trinajstić information content (AvgIpc) is 3.06. The van der Waals surface area contributed by atoms with Crippen molar-refractivity contribution in [2.24, 2.45) is 11.7 Å². The van der Waals surface area contributed by atoms with Gasteiger partial charge in [-0.1, -0.05) is 54.6 Å². The Morgan fingerprint density at radius 2 is 1.62 bits per heavy atom. The number of aromatic nitrogens is 1. The molecule has 4 rings (SSSR count). The van der Waals surface area contributed by atoms with Crippen LogP contribution in [0.3, 0.4) is 0 Å². The highest BCUT2D eigenvalue weighted by Gasteiger charge is 2.37. The number of rotatable bonds is 6. The number of hydrogen-bond acceptors (Lipinski definition) is 5. The smallest absolute Gasteiger partial charge is 0.322 e. The summed E-state index contributed by atoms with van der Waals surface area (Å²) < 4.78 is 5.49. The van der Waals surface area contributed by atoms with Gasteiger partial charge in [-0.2, -0.15) is 0 Å². The highest BCUT2D eigenvalue weighted by atomic mass is 16.5. The van der Waals surface area contributed by atoms with E-state index < -0.39 is 23.9 Å². The Morgan fingerprint density at radius 1 is 1.00 bits per heavy atom. The molecule has 0 spiro atoms. The molecule has 1 aliphatic carbocycles. The number of hydrogen-bond donors (Lipinski definition) is 2. The summed E-state index contributed by atoms with van der Waals surface area (Å²) in [6.07, 6.45) is 3.01. The molecule has 0 bridgehead atoms. The number of fused-ring (bicyclic) bond motifs is 3. The number of aliphatic carboxylic acids is 1. The summed E-state index contributed by atoms with van der Waals surface area (Å²) in [6, 6.07) is 18.1. The first-order valence-electron chi connectivity index (χ1n) is 9.31. The molecule has 2 aromatic carbocycles. The van der Waals surface area contributed by atoms with E-state index in [9.17, 15) is 14.7 Å². The fourth-order valence-electron chi connectivity index (χ4n) is 3.86. The predicted molar refractivity (Wildman–Crippen MR) is 107 cm³/mol. The molecule has 1 unspecified atom stereocenters. The molecule has 1 heterocycles. The van der Waals surface area contributed by atoms with E-state index in [2.05, 4.69) is 4.98 Å². The Bertz CT molecular complexity index is 1010. The highest BCUT2D eigenvalue weighted by molar-refractivity contribution is 5.95. The molecule has 1 aliphatic rings. The van der Waals surface area contributed by atoms with Crippen LogP contribution in [0.4, 0.5) is 0 Å². The van der Waals surface area contributed by atoms with Gasteiger partial charge >= 0.3 is 11.9 Å². The van der Waals surface area contributed by atoms with Crippen LogP contribution < -0.4 is 5.73 Å². The van der Waals surface area contributed by atoms with E-state index in [1.54, 1.807) is 18.3 Å². The van der Waals surface area contributed by atoms with Gasteiger partial charge in [0, 0.05) is 18.3 Å². The van der Waals surface area contributed by atoms with Gasteiger partial charge in [-0.25, -0.2) is 0 Å². The topological polar surface area (TPSA) is 103 Å². The van der Waals surface area contributed by atoms with Crippen molar-refractivity contribution >= 4 is 11.9 Å². The van der Waals surface area contributed by atoms with Crippen molar-refractivity contribution in [3.8, 4) is 11.1 Å². The van der Waals surface area contributed by atoms with Crippen molar-refractivity contribution in [1.82, 2.24) is 4.98 Å². The van der Waals surface area contributed by atoms with Crippen LogP contribution in [0.15, 0.2) is 73.1 Å². The average molecular weight is 388 g/mol. The maximum atomic E-state index is 12.7. The third-order valence-electron chi connectivity index (χ3n) is 5.30. The number of esters is 1. The first-order valence-corrected chi connectivity index (χ1v) is 9.31. The molecule has 0 fully saturated rings. The summed E-state index contributed by atoms with van der Waals surface area (Å²) in [5.74, 6) is -3.82. The van der Waals surface area contributed by atoms with Crippen molar-refractivity contribution in [3.05, 3.63) is 89.7 Å². The minimum atomic E-state index is -1.51. The van der Waals surface area contributed by atoms with Crippen LogP contribution >= 0.6 is 0 Å². The maximum absolute atomic E-state index is 12.7. The third kappa shape index (κ3) is 3.50. The number of nitrogens with zero attached hydrogens (tertiary/aromatic N) is 1. The van der Waals surface area contributed by atoms with Crippen molar-refractivity contribution in [3.63, 3.8) is 0 Å². The van der Waals surface area contributed by atoms with E-state index in [-0.39, 0.29) is 12.5 Å². The fraction of sp³-hybridized carbons (Fsp3) is 0.174. The number of carbonyl (C=O) groups excluding carboxylic acids is 1. The second kappa shape index (κ2) is 7.85. The zero-order valence-electron chi connectivity index (χ0n) is 15.6. The second-order valence-corrected chi connectivity index (χ2v) is 6.99. The quantitative estimate of drug-likeness (QED) is 0.497. The molecule has 6 heteroatoms. The third-order valence-corrected chi connectivity index (χ3v) is 5.30. The number of pyridine rings is 1. The number of ether oxygens (including phenoxy) is 1. The van der Waals surface area contributed by atoms with E-state index >= 15 is 0 Å². The van der Waals surface area contributed by atoms with Gasteiger partial charge in [0.05, 0.1) is 6.04 Å². The summed E-state index contributed by atoms with van der Waals surface area (Å²) in [5, 5.41) is 9.58. The molecule has 2 atom stereocenters. The SMILES string of the molecule is NC(c1cccnc1)[C@@H](C(=O)O)C(=O)OCC1c2ccccc2-c2ccccc21. The van der Waals surface area contributed by atoms with Gasteiger partial charge in [-0.15, -0.1) is 0 Å². The highest BCUT2D eigenvalue weighted by Crippen LogP contribution is 2.44. The lowest BCUT2D eigenvalue weighted by Gasteiger charge is -2.21. The zero-order chi connectivity index (χ0) is 20.4. The van der Waals surface area contributed by atoms with Crippen molar-refractivity contribution < 1.29 is 19.4 Å². The molecule has 146 valence electrons. The van der Waals surface area contributed by atoms with Crippen LogP contribution in [0, 0.1) is 5.92 Å². The molecular formula is C23H20N2O4. The molecule has 0 radical (unpaired) electrons. The Hall–Kier alpha value is -3.51. The number of nitrogens with two attached hydrogens (primary N) is 1. The molecule has 29 heavy (non-hydrogen) atoms. The summed E-state index contributed by atoms with van der Waals surface area (Å²) in [7, 11) is 0. The van der Waals surface area contributed by atoms with Crippen LogP contribution in [0.1, 0.15) is 28.7 Å². The lowest BCUT2D eigenvalue weighted by molar-refractivity contribution is -0.160. The normalized spacial score (nSPS) is 14.5. The summed E-state index contributed by atoms with van der Waals surface area (Å²) in [5.41, 5.74) is 10.8. The Kier molecular flexibility index (Phi) is 5.10. The molecule has 0 saturated heterocycles. The van der Waals surface area contributed by atoms with Gasteiger partial charge in [0.15, 0.2) is 5.92 Å². The van der Waals surface area contributed by atoms with Gasteiger partial charge in [-0.05, 0) is 33.9 Å². The van der Waals surface area contributed by atoms with Crippen LogP contribution in [-0.4, -0.2) is 28.6 Å². The van der Waals surface area contributed by atoms with Crippen LogP contribution in [0.25, 0.3) is 11.1 Å². The molecular weight excluding hydrogens is 368 g/mol. The van der Waals surface area contributed by atoms with Crippen LogP contribution in [0.5, 0.6) is 0 Å². The monoisotopic (exact) mass is 388 g/mol. The van der Waals surface area contributed by atoms with Gasteiger partial charge in [0.2, 0.25) is 0 Å². The molecule has 3 aromatic rings. The lowest BCUT2D eigenvalue weighted by Crippen LogP contribution is -2.36.